The number of likely N-dealkylation sites (N-methyl/N-ethyl adjacent to an activating group) is 1. The first-order valence-electron chi connectivity index (χ1n) is 11.8. The minimum atomic E-state index is -3.11. The van der Waals surface area contributed by atoms with Crippen molar-refractivity contribution in [3.8, 4) is 6.07 Å². The van der Waals surface area contributed by atoms with Crippen LogP contribution in [0, 0.1) is 30.0 Å². The van der Waals surface area contributed by atoms with Gasteiger partial charge in [0.15, 0.2) is 6.10 Å². The van der Waals surface area contributed by atoms with E-state index in [0.717, 1.165) is 12.5 Å². The second-order valence-corrected chi connectivity index (χ2v) is 9.99. The lowest BCUT2D eigenvalue weighted by molar-refractivity contribution is -0.167. The molecule has 12 heteroatoms. The molecule has 0 bridgehead atoms. The molecule has 2 aromatic rings. The number of amides is 3. The lowest BCUT2D eigenvalue weighted by Crippen LogP contribution is -2.69. The predicted molar refractivity (Wildman–Crippen MR) is 123 cm³/mol. The van der Waals surface area contributed by atoms with Crippen LogP contribution in [0.25, 0.3) is 0 Å². The summed E-state index contributed by atoms with van der Waals surface area (Å²) in [5.74, 6) is -5.96. The van der Waals surface area contributed by atoms with Gasteiger partial charge in [-0.2, -0.15) is 5.26 Å². The van der Waals surface area contributed by atoms with Gasteiger partial charge in [-0.05, 0) is 49.4 Å². The van der Waals surface area contributed by atoms with Gasteiger partial charge in [0.25, 0.3) is 17.7 Å². The number of nitrogens with zero attached hydrogens (tertiary/aromatic N) is 2. The highest BCUT2D eigenvalue weighted by molar-refractivity contribution is 6.05. The Morgan fingerprint density at radius 1 is 1.27 bits per heavy atom. The molecule has 3 atom stereocenters. The summed E-state index contributed by atoms with van der Waals surface area (Å²) in [5.41, 5.74) is -0.549. The fourth-order valence-corrected chi connectivity index (χ4v) is 5.71. The maximum absolute atomic E-state index is 13.7. The molecule has 9 nitrogen and oxygen atoms in total. The van der Waals surface area contributed by atoms with E-state index in [0.29, 0.717) is 17.7 Å². The number of hydrogen-bond acceptors (Lipinski definition) is 5. The van der Waals surface area contributed by atoms with Crippen molar-refractivity contribution in [1.29, 1.82) is 5.26 Å². The topological polar surface area (TPSA) is 136 Å². The molecule has 0 spiro atoms. The van der Waals surface area contributed by atoms with Gasteiger partial charge >= 0.3 is 0 Å². The summed E-state index contributed by atoms with van der Waals surface area (Å²) < 4.78 is 42.8. The number of rotatable bonds is 6. The molecule has 37 heavy (non-hydrogen) atoms. The fraction of sp³-hybridized carbons (Fsp3) is 0.440. The Kier molecular flexibility index (Phi) is 5.60. The number of aliphatic hydroxyl groups is 1. The second-order valence-electron chi connectivity index (χ2n) is 9.99. The summed E-state index contributed by atoms with van der Waals surface area (Å²) in [6.07, 6.45) is -2.22. The van der Waals surface area contributed by atoms with Crippen LogP contribution in [0.15, 0.2) is 18.2 Å². The quantitative estimate of drug-likeness (QED) is 0.468. The molecule has 0 saturated heterocycles. The molecular weight excluding hydrogens is 491 g/mol. The number of benzene rings is 1. The van der Waals surface area contributed by atoms with Crippen LogP contribution < -0.4 is 16.0 Å². The minimum Gasteiger partial charge on any atom is -0.378 e. The number of halogens is 3. The first-order chi connectivity index (χ1) is 17.4. The number of nitriles is 1. The zero-order chi connectivity index (χ0) is 26.9. The summed E-state index contributed by atoms with van der Waals surface area (Å²) >= 11 is 0. The summed E-state index contributed by atoms with van der Waals surface area (Å²) in [6.45, 7) is 1.57. The summed E-state index contributed by atoms with van der Waals surface area (Å²) in [7, 11) is 1.27. The number of alkyl halides is 2. The summed E-state index contributed by atoms with van der Waals surface area (Å²) in [4.78, 5) is 38.6. The number of carbonyl (C=O) groups excluding carboxylic acids is 3. The van der Waals surface area contributed by atoms with Crippen LogP contribution in [0.5, 0.6) is 0 Å². The number of aromatic nitrogens is 1. The number of aliphatic hydroxyl groups excluding tert-OH is 1. The Balaban J connectivity index is 1.45. The lowest BCUT2D eigenvalue weighted by atomic mass is 9.72. The molecule has 3 amide bonds. The third-order valence-electron chi connectivity index (χ3n) is 7.50. The molecule has 1 aromatic carbocycles. The number of hydrogen-bond donors (Lipinski definition) is 4. The van der Waals surface area contributed by atoms with Gasteiger partial charge < -0.3 is 25.6 Å². The van der Waals surface area contributed by atoms with Crippen LogP contribution >= 0.6 is 0 Å². The average molecular weight is 515 g/mol. The van der Waals surface area contributed by atoms with Crippen molar-refractivity contribution in [3.05, 3.63) is 52.1 Å². The summed E-state index contributed by atoms with van der Waals surface area (Å²) in [5, 5.41) is 27.3. The van der Waals surface area contributed by atoms with E-state index < -0.39 is 53.9 Å². The Morgan fingerprint density at radius 2 is 1.97 bits per heavy atom. The molecule has 1 aromatic heterocycles. The fourth-order valence-electron chi connectivity index (χ4n) is 5.71. The van der Waals surface area contributed by atoms with Gasteiger partial charge in [-0.1, -0.05) is 0 Å². The van der Waals surface area contributed by atoms with E-state index in [1.54, 1.807) is 17.6 Å². The zero-order valence-electron chi connectivity index (χ0n) is 20.0. The van der Waals surface area contributed by atoms with Gasteiger partial charge in [0.2, 0.25) is 5.91 Å². The SMILES string of the molecule is CNC(=O)C1(NC(=O)C(O)c2c(C)c(C(=O)Nc3ccc(F)c(C#N)c3)n3c2C[C@H]2C[C@H]23)CC(F)(F)C1. The highest BCUT2D eigenvalue weighted by Gasteiger charge is 2.62. The number of carbonyl (C=O) groups is 3. The third-order valence-corrected chi connectivity index (χ3v) is 7.50. The molecule has 1 unspecified atom stereocenters. The van der Waals surface area contributed by atoms with Crippen molar-refractivity contribution >= 4 is 23.4 Å². The molecular formula is C25H24F3N5O4. The Hall–Kier alpha value is -3.85. The Bertz CT molecular complexity index is 1390. The third kappa shape index (κ3) is 3.94. The van der Waals surface area contributed by atoms with Gasteiger partial charge in [-0.25, -0.2) is 13.2 Å². The predicted octanol–water partition coefficient (Wildman–Crippen LogP) is 2.24. The number of anilines is 1. The van der Waals surface area contributed by atoms with Crippen LogP contribution in [0.3, 0.4) is 0 Å². The maximum atomic E-state index is 13.7. The first kappa shape index (κ1) is 24.8. The normalized spacial score (nSPS) is 22.5. The lowest BCUT2D eigenvalue weighted by Gasteiger charge is -2.46. The van der Waals surface area contributed by atoms with Gasteiger partial charge in [0.1, 0.15) is 23.1 Å². The second kappa shape index (κ2) is 8.34. The van der Waals surface area contributed by atoms with Crippen molar-refractivity contribution in [1.82, 2.24) is 15.2 Å². The molecule has 2 fully saturated rings. The minimum absolute atomic E-state index is 0.0175. The molecule has 194 valence electrons. The van der Waals surface area contributed by atoms with Crippen molar-refractivity contribution in [2.75, 3.05) is 12.4 Å². The van der Waals surface area contributed by atoms with E-state index in [1.807, 2.05) is 0 Å². The van der Waals surface area contributed by atoms with Gasteiger partial charge in [0.05, 0.1) is 5.56 Å². The molecule has 0 radical (unpaired) electrons. The Morgan fingerprint density at radius 3 is 2.59 bits per heavy atom. The van der Waals surface area contributed by atoms with E-state index in [2.05, 4.69) is 16.0 Å². The monoisotopic (exact) mass is 515 g/mol. The molecule has 2 aliphatic carbocycles. The first-order valence-corrected chi connectivity index (χ1v) is 11.8. The molecule has 2 heterocycles. The molecule has 3 aliphatic rings. The average Bonchev–Trinajstić information content (AvgIpc) is 3.41. The highest BCUT2D eigenvalue weighted by Crippen LogP contribution is 2.55. The van der Waals surface area contributed by atoms with E-state index >= 15 is 0 Å². The Labute approximate surface area is 209 Å². The summed E-state index contributed by atoms with van der Waals surface area (Å²) in [6, 6.07) is 5.30. The maximum Gasteiger partial charge on any atom is 0.272 e. The van der Waals surface area contributed by atoms with Gasteiger partial charge in [-0.3, -0.25) is 14.4 Å². The van der Waals surface area contributed by atoms with Crippen LogP contribution in [-0.4, -0.2) is 45.9 Å². The van der Waals surface area contributed by atoms with Gasteiger partial charge in [0, 0.05) is 42.9 Å². The smallest absolute Gasteiger partial charge is 0.272 e. The van der Waals surface area contributed by atoms with Crippen molar-refractivity contribution in [2.24, 2.45) is 5.92 Å². The number of nitrogens with one attached hydrogen (secondary N) is 3. The number of fused-ring (bicyclic) bond motifs is 3. The van der Waals surface area contributed by atoms with E-state index in [9.17, 15) is 32.7 Å². The molecule has 5 rings (SSSR count). The van der Waals surface area contributed by atoms with Crippen molar-refractivity contribution in [2.45, 2.75) is 56.2 Å². The largest absolute Gasteiger partial charge is 0.378 e. The van der Waals surface area contributed by atoms with Crippen LogP contribution in [0.1, 0.15) is 64.3 Å². The van der Waals surface area contributed by atoms with Crippen LogP contribution in [0.4, 0.5) is 18.9 Å². The zero-order valence-corrected chi connectivity index (χ0v) is 20.0. The van der Waals surface area contributed by atoms with Crippen LogP contribution in [0.2, 0.25) is 0 Å². The van der Waals surface area contributed by atoms with Crippen LogP contribution in [-0.2, 0) is 16.0 Å². The molecule has 1 aliphatic heterocycles. The van der Waals surface area contributed by atoms with E-state index in [1.165, 1.54) is 19.2 Å². The van der Waals surface area contributed by atoms with Crippen molar-refractivity contribution < 1.29 is 32.7 Å². The highest BCUT2D eigenvalue weighted by atomic mass is 19.3. The van der Waals surface area contributed by atoms with E-state index in [-0.39, 0.29) is 34.5 Å². The van der Waals surface area contributed by atoms with Crippen molar-refractivity contribution in [3.63, 3.8) is 0 Å². The van der Waals surface area contributed by atoms with E-state index in [4.69, 9.17) is 5.26 Å². The van der Waals surface area contributed by atoms with Gasteiger partial charge in [-0.15, -0.1) is 0 Å². The standard InChI is InChI=1S/C25H24F3N5O4/c1-11-18(20(34)22(36)32-24(23(37)30-2)9-25(27,28)10-24)17-7-12-6-16(12)33(17)19(11)21(35)31-14-3-4-15(26)13(5-14)8-29/h3-5,12,16,20,34H,6-7,9-10H2,1-2H3,(H,30,37)(H,31,35)(H,32,36)/t12-,16-,20?/m1/s1. The molecule has 2 saturated carbocycles. The molecule has 4 N–H and O–H groups in total.